The summed E-state index contributed by atoms with van der Waals surface area (Å²) < 4.78 is 24.3. The zero-order chi connectivity index (χ0) is 22.7. The smallest absolute Gasteiger partial charge is 0.296 e. The van der Waals surface area contributed by atoms with Gasteiger partial charge in [-0.3, -0.25) is 9.59 Å². The molecule has 1 saturated heterocycles. The Hall–Kier alpha value is -4.13. The molecule has 0 unspecified atom stereocenters. The summed E-state index contributed by atoms with van der Waals surface area (Å²) in [6, 6.07) is 14.4. The molecule has 32 heavy (non-hydrogen) atoms. The van der Waals surface area contributed by atoms with Gasteiger partial charge in [0.15, 0.2) is 0 Å². The summed E-state index contributed by atoms with van der Waals surface area (Å²) in [5.41, 5.74) is 0.761. The molecule has 2 aromatic carbocycles. The molecule has 0 radical (unpaired) electrons. The molecule has 162 valence electrons. The molecule has 0 saturated carbocycles. The zero-order valence-corrected chi connectivity index (χ0v) is 17.0. The van der Waals surface area contributed by atoms with Crippen molar-refractivity contribution in [3.8, 4) is 5.75 Å². The van der Waals surface area contributed by atoms with Crippen LogP contribution in [0.2, 0.25) is 0 Å². The Morgan fingerprint density at radius 2 is 1.84 bits per heavy atom. The van der Waals surface area contributed by atoms with Crippen molar-refractivity contribution in [2.75, 3.05) is 6.61 Å². The van der Waals surface area contributed by atoms with Crippen molar-refractivity contribution >= 4 is 17.4 Å². The number of Topliss-reactive ketones (excluding diaryl/α,β-unsaturated/α-hetero) is 1. The highest BCUT2D eigenvalue weighted by atomic mass is 19.1. The summed E-state index contributed by atoms with van der Waals surface area (Å²) in [5, 5.41) is 11.0. The van der Waals surface area contributed by atoms with E-state index in [4.69, 9.17) is 9.15 Å². The normalized spacial score (nSPS) is 17.5. The molecule has 1 aliphatic rings. The number of amides is 1. The molecule has 0 spiro atoms. The monoisotopic (exact) mass is 433 g/mol. The van der Waals surface area contributed by atoms with E-state index in [9.17, 15) is 19.1 Å². The highest BCUT2D eigenvalue weighted by molar-refractivity contribution is 6.46. The van der Waals surface area contributed by atoms with Gasteiger partial charge in [0.05, 0.1) is 24.4 Å². The van der Waals surface area contributed by atoms with Crippen LogP contribution in [0.25, 0.3) is 5.76 Å². The molecule has 7 heteroatoms. The van der Waals surface area contributed by atoms with Gasteiger partial charge in [0.25, 0.3) is 11.7 Å². The van der Waals surface area contributed by atoms with Crippen LogP contribution in [-0.2, 0) is 16.1 Å². The summed E-state index contributed by atoms with van der Waals surface area (Å²) in [5.74, 6) is -1.34. The molecule has 1 atom stereocenters. The van der Waals surface area contributed by atoms with Crippen LogP contribution in [-0.4, -0.2) is 28.3 Å². The number of rotatable bonds is 7. The van der Waals surface area contributed by atoms with Crippen molar-refractivity contribution in [3.63, 3.8) is 0 Å². The number of benzene rings is 2. The van der Waals surface area contributed by atoms with Gasteiger partial charge in [-0.15, -0.1) is 0 Å². The van der Waals surface area contributed by atoms with Gasteiger partial charge in [0.1, 0.15) is 29.7 Å². The number of ketones is 1. The molecular formula is C25H20FNO5. The van der Waals surface area contributed by atoms with Gasteiger partial charge in [-0.05, 0) is 54.1 Å². The molecule has 3 aromatic rings. The lowest BCUT2D eigenvalue weighted by molar-refractivity contribution is -0.140. The summed E-state index contributed by atoms with van der Waals surface area (Å²) in [4.78, 5) is 27.2. The Labute approximate surface area is 183 Å². The number of aliphatic hydroxyl groups excluding tert-OH is 1. The number of carbonyl (C=O) groups is 2. The average molecular weight is 433 g/mol. The maximum absolute atomic E-state index is 13.5. The fraction of sp³-hybridized carbons (Fsp3) is 0.120. The fourth-order valence-corrected chi connectivity index (χ4v) is 3.62. The van der Waals surface area contributed by atoms with Crippen molar-refractivity contribution in [2.24, 2.45) is 0 Å². The number of nitrogens with zero attached hydrogens (tertiary/aromatic N) is 1. The SMILES string of the molecule is C=CCOc1ccc(C(O)=C2C(=O)C(=O)N(Cc3ccco3)[C@@H]2c2ccc(F)cc2)cc1. The Morgan fingerprint density at radius 3 is 2.47 bits per heavy atom. The van der Waals surface area contributed by atoms with E-state index >= 15 is 0 Å². The Bertz CT molecular complexity index is 1160. The van der Waals surface area contributed by atoms with Gasteiger partial charge in [-0.25, -0.2) is 4.39 Å². The molecule has 1 aromatic heterocycles. The van der Waals surface area contributed by atoms with Crippen molar-refractivity contribution < 1.29 is 28.2 Å². The molecule has 1 aliphatic heterocycles. The second-order valence-corrected chi connectivity index (χ2v) is 7.18. The molecule has 2 heterocycles. The maximum atomic E-state index is 13.5. The quantitative estimate of drug-likeness (QED) is 0.255. The molecule has 0 bridgehead atoms. The van der Waals surface area contributed by atoms with E-state index in [2.05, 4.69) is 6.58 Å². The van der Waals surface area contributed by atoms with Gasteiger partial charge in [0, 0.05) is 5.56 Å². The number of carbonyl (C=O) groups excluding carboxylic acids is 2. The highest BCUT2D eigenvalue weighted by Crippen LogP contribution is 2.40. The number of aliphatic hydroxyl groups is 1. The van der Waals surface area contributed by atoms with Crippen LogP contribution < -0.4 is 4.74 Å². The van der Waals surface area contributed by atoms with Crippen LogP contribution >= 0.6 is 0 Å². The lowest BCUT2D eigenvalue weighted by Crippen LogP contribution is -2.29. The van der Waals surface area contributed by atoms with E-state index < -0.39 is 23.5 Å². The van der Waals surface area contributed by atoms with Crippen LogP contribution in [0.15, 0.2) is 89.6 Å². The van der Waals surface area contributed by atoms with Crippen molar-refractivity contribution in [2.45, 2.75) is 12.6 Å². The highest BCUT2D eigenvalue weighted by Gasteiger charge is 2.46. The van der Waals surface area contributed by atoms with Gasteiger partial charge in [0.2, 0.25) is 0 Å². The van der Waals surface area contributed by atoms with Crippen molar-refractivity contribution in [1.82, 2.24) is 4.90 Å². The molecule has 6 nitrogen and oxygen atoms in total. The average Bonchev–Trinajstić information content (AvgIpc) is 3.41. The second kappa shape index (κ2) is 8.93. The largest absolute Gasteiger partial charge is 0.507 e. The summed E-state index contributed by atoms with van der Waals surface area (Å²) in [6.45, 7) is 3.93. The third-order valence-corrected chi connectivity index (χ3v) is 5.13. The van der Waals surface area contributed by atoms with Crippen LogP contribution in [0.1, 0.15) is 22.9 Å². The number of hydrogen-bond acceptors (Lipinski definition) is 5. The van der Waals surface area contributed by atoms with Gasteiger partial charge in [-0.2, -0.15) is 0 Å². The van der Waals surface area contributed by atoms with Gasteiger partial charge >= 0.3 is 0 Å². The van der Waals surface area contributed by atoms with E-state index in [1.807, 2.05) is 0 Å². The predicted octanol–water partition coefficient (Wildman–Crippen LogP) is 4.61. The molecule has 4 rings (SSSR count). The Morgan fingerprint density at radius 1 is 1.12 bits per heavy atom. The first kappa shape index (κ1) is 21.1. The Kier molecular flexibility index (Phi) is 5.89. The Balaban J connectivity index is 1.78. The first-order valence-electron chi connectivity index (χ1n) is 9.90. The third kappa shape index (κ3) is 4.05. The van der Waals surface area contributed by atoms with E-state index in [0.717, 1.165) is 0 Å². The third-order valence-electron chi connectivity index (χ3n) is 5.13. The first-order chi connectivity index (χ1) is 15.5. The predicted molar refractivity (Wildman–Crippen MR) is 115 cm³/mol. The summed E-state index contributed by atoms with van der Waals surface area (Å²) >= 11 is 0. The van der Waals surface area contributed by atoms with E-state index in [0.29, 0.717) is 29.2 Å². The van der Waals surface area contributed by atoms with Crippen LogP contribution in [0.3, 0.4) is 0 Å². The number of furan rings is 1. The second-order valence-electron chi connectivity index (χ2n) is 7.18. The molecular weight excluding hydrogens is 413 g/mol. The zero-order valence-electron chi connectivity index (χ0n) is 17.0. The van der Waals surface area contributed by atoms with Gasteiger partial charge < -0.3 is 19.2 Å². The lowest BCUT2D eigenvalue weighted by atomic mass is 9.95. The lowest BCUT2D eigenvalue weighted by Gasteiger charge is -2.24. The summed E-state index contributed by atoms with van der Waals surface area (Å²) in [6.07, 6.45) is 3.08. The molecule has 0 aliphatic carbocycles. The maximum Gasteiger partial charge on any atom is 0.296 e. The van der Waals surface area contributed by atoms with Gasteiger partial charge in [-0.1, -0.05) is 24.8 Å². The van der Waals surface area contributed by atoms with Crippen LogP contribution in [0.4, 0.5) is 4.39 Å². The summed E-state index contributed by atoms with van der Waals surface area (Å²) in [7, 11) is 0. The minimum atomic E-state index is -0.905. The van der Waals surface area contributed by atoms with Crippen LogP contribution in [0, 0.1) is 5.82 Å². The molecule has 1 N–H and O–H groups in total. The topological polar surface area (TPSA) is 80.0 Å². The molecule has 1 amide bonds. The standard InChI is InChI=1S/C25H20FNO5/c1-2-13-31-19-11-7-17(8-12-19)23(28)21-22(16-5-9-18(26)10-6-16)27(25(30)24(21)29)15-20-4-3-14-32-20/h2-12,14,22,28H,1,13,15H2/t22-/m1/s1. The van der Waals surface area contributed by atoms with E-state index in [-0.39, 0.29) is 17.9 Å². The minimum absolute atomic E-state index is 0.0186. The number of ether oxygens (including phenoxy) is 1. The number of hydrogen-bond donors (Lipinski definition) is 1. The number of likely N-dealkylation sites (tertiary alicyclic amines) is 1. The number of halogens is 1. The van der Waals surface area contributed by atoms with Crippen molar-refractivity contribution in [1.29, 1.82) is 0 Å². The molecule has 1 fully saturated rings. The first-order valence-corrected chi connectivity index (χ1v) is 9.90. The van der Waals surface area contributed by atoms with Crippen LogP contribution in [0.5, 0.6) is 5.75 Å². The van der Waals surface area contributed by atoms with Crippen molar-refractivity contribution in [3.05, 3.63) is 108 Å². The minimum Gasteiger partial charge on any atom is -0.507 e. The van der Waals surface area contributed by atoms with E-state index in [1.165, 1.54) is 35.4 Å². The van der Waals surface area contributed by atoms with E-state index in [1.54, 1.807) is 42.5 Å². The fourth-order valence-electron chi connectivity index (χ4n) is 3.62.